The van der Waals surface area contributed by atoms with E-state index in [-0.39, 0.29) is 40.8 Å². The number of ether oxygens (including phenoxy) is 1. The fourth-order valence-electron chi connectivity index (χ4n) is 4.86. The minimum absolute atomic E-state index is 0. The number of para-hydroxylation sites is 1. The maximum Gasteiger partial charge on any atom is 2.00 e. The first-order chi connectivity index (χ1) is 19.9. The Morgan fingerprint density at radius 1 is 1.02 bits per heavy atom. The van der Waals surface area contributed by atoms with Crippen LogP contribution in [0.2, 0.25) is 0 Å². The number of rotatable bonds is 12. The summed E-state index contributed by atoms with van der Waals surface area (Å²) in [6, 6.07) is 23.6. The van der Waals surface area contributed by atoms with Crippen LogP contribution in [0.15, 0.2) is 89.9 Å². The van der Waals surface area contributed by atoms with Gasteiger partial charge in [0.05, 0.1) is 24.3 Å². The van der Waals surface area contributed by atoms with Gasteiger partial charge in [0.15, 0.2) is 12.2 Å². The third kappa shape index (κ3) is 8.57. The standard InChI is InChI=1S/C32H34FN3O5.Ni/c1-2-41-32(40)25(33)20-27(31(38)39)34-29(23-14-7-4-8-15-23)24-16-9-10-17-26(24)35-30(37)28-18-11-19-36(28)21-22-12-5-3-6-13-22;/h3-10,12-17,25,27-28H,2,11,18-21H2,1H3,(H2,34,35,37,38,39);/q;+2/p-1/t25?,27-,28?;/m0./s1/i33-1;. The number of aliphatic carboxylic acids is 1. The third-order valence-corrected chi connectivity index (χ3v) is 6.86. The molecular formula is C32H33FN3NiO5+. The summed E-state index contributed by atoms with van der Waals surface area (Å²) in [4.78, 5) is 44.0. The first-order valence-corrected chi connectivity index (χ1v) is 13.7. The van der Waals surface area contributed by atoms with E-state index in [1.54, 1.807) is 61.5 Å². The van der Waals surface area contributed by atoms with Gasteiger partial charge >= 0.3 is 28.4 Å². The Morgan fingerprint density at radius 3 is 2.33 bits per heavy atom. The molecule has 3 aromatic rings. The molecule has 8 nitrogen and oxygen atoms in total. The van der Waals surface area contributed by atoms with Crippen molar-refractivity contribution in [3.05, 3.63) is 107 Å². The summed E-state index contributed by atoms with van der Waals surface area (Å²) >= 11 is 0. The minimum atomic E-state index is -2.16. The Balaban J connectivity index is 0.00000484. The number of esters is 1. The van der Waals surface area contributed by atoms with E-state index in [1.807, 2.05) is 30.3 Å². The summed E-state index contributed by atoms with van der Waals surface area (Å²) < 4.78 is 19.3. The number of benzene rings is 3. The molecule has 1 amide bonds. The molecule has 222 valence electrons. The molecule has 3 aromatic carbocycles. The third-order valence-electron chi connectivity index (χ3n) is 6.86. The topological polar surface area (TPSA) is 110 Å². The van der Waals surface area contributed by atoms with Gasteiger partial charge in [-0.15, -0.1) is 5.69 Å². The van der Waals surface area contributed by atoms with Crippen molar-refractivity contribution in [1.82, 2.24) is 4.90 Å². The SMILES string of the molecule is CCOC(=O)C([18F])C[C@H](N=C(c1ccccc1)c1ccccc1[N-]C(=O)C1CCCN1Cc1ccccc1)C(=O)O.[Ni+2]. The monoisotopic (exact) mass is 615 g/mol. The van der Waals surface area contributed by atoms with Gasteiger partial charge in [0.25, 0.3) is 0 Å². The van der Waals surface area contributed by atoms with Crippen LogP contribution in [0, 0.1) is 0 Å². The predicted molar refractivity (Wildman–Crippen MR) is 154 cm³/mol. The quantitative estimate of drug-likeness (QED) is 0.164. The van der Waals surface area contributed by atoms with E-state index in [0.717, 1.165) is 18.5 Å². The van der Waals surface area contributed by atoms with E-state index in [2.05, 4.69) is 15.2 Å². The van der Waals surface area contributed by atoms with Crippen molar-refractivity contribution in [3.8, 4) is 0 Å². The molecule has 3 atom stereocenters. The van der Waals surface area contributed by atoms with Gasteiger partial charge in [-0.3, -0.25) is 9.89 Å². The van der Waals surface area contributed by atoms with Crippen LogP contribution in [0.4, 0.5) is 10.1 Å². The molecule has 1 heterocycles. The van der Waals surface area contributed by atoms with Gasteiger partial charge in [0.2, 0.25) is 0 Å². The van der Waals surface area contributed by atoms with Gasteiger partial charge in [0.1, 0.15) is 0 Å². The minimum Gasteiger partial charge on any atom is -0.625 e. The summed E-state index contributed by atoms with van der Waals surface area (Å²) in [5, 5.41) is 14.4. The molecule has 1 fully saturated rings. The second-order valence-electron chi connectivity index (χ2n) is 9.73. The van der Waals surface area contributed by atoms with Crippen molar-refractivity contribution in [2.45, 2.75) is 51.0 Å². The molecular weight excluding hydrogens is 583 g/mol. The number of aliphatic imine (C=N–C) groups is 1. The van der Waals surface area contributed by atoms with E-state index >= 15 is 0 Å². The molecule has 0 aliphatic carbocycles. The van der Waals surface area contributed by atoms with Gasteiger partial charge in [-0.2, -0.15) is 0 Å². The molecule has 0 saturated carbocycles. The number of hydrogen-bond acceptors (Lipinski definition) is 6. The summed E-state index contributed by atoms with van der Waals surface area (Å²) in [5.74, 6) is -2.81. The van der Waals surface area contributed by atoms with Gasteiger partial charge in [-0.05, 0) is 37.4 Å². The molecule has 42 heavy (non-hydrogen) atoms. The number of likely N-dealkylation sites (tertiary alicyclic amines) is 1. The average Bonchev–Trinajstić information content (AvgIpc) is 3.45. The van der Waals surface area contributed by atoms with Crippen molar-refractivity contribution in [1.29, 1.82) is 0 Å². The maximum absolute atomic E-state index is 14.6. The largest absolute Gasteiger partial charge is 2.00 e. The number of carbonyl (C=O) groups is 3. The normalized spacial score (nSPS) is 16.6. The Hall–Kier alpha value is -3.88. The van der Waals surface area contributed by atoms with E-state index < -0.39 is 30.6 Å². The average molecular weight is 616 g/mol. The zero-order chi connectivity index (χ0) is 29.2. The molecule has 1 N–H and O–H groups in total. The van der Waals surface area contributed by atoms with Crippen LogP contribution in [-0.2, 0) is 42.2 Å². The van der Waals surface area contributed by atoms with Crippen molar-refractivity contribution >= 4 is 29.2 Å². The molecule has 1 aliphatic rings. The molecule has 1 aliphatic heterocycles. The van der Waals surface area contributed by atoms with Gasteiger partial charge in [-0.1, -0.05) is 84.9 Å². The number of carboxylic acid groups (broad SMARTS) is 1. The molecule has 10 heteroatoms. The van der Waals surface area contributed by atoms with Crippen LogP contribution < -0.4 is 0 Å². The van der Waals surface area contributed by atoms with Crippen LogP contribution >= 0.6 is 0 Å². The number of alkyl halides is 1. The maximum atomic E-state index is 14.6. The fraction of sp³-hybridized carbons (Fsp3) is 0.312. The van der Waals surface area contributed by atoms with Crippen LogP contribution in [0.5, 0.6) is 0 Å². The van der Waals surface area contributed by atoms with Crippen LogP contribution in [0.3, 0.4) is 0 Å². The zero-order valence-corrected chi connectivity index (χ0v) is 24.2. The number of carboxylic acids is 1. The first-order valence-electron chi connectivity index (χ1n) is 13.7. The van der Waals surface area contributed by atoms with Crippen molar-refractivity contribution in [2.24, 2.45) is 4.99 Å². The first kappa shape index (κ1) is 32.6. The van der Waals surface area contributed by atoms with Gasteiger partial charge in [-0.25, -0.2) is 14.0 Å². The number of hydrogen-bond donors (Lipinski definition) is 1. The number of amides is 1. The van der Waals surface area contributed by atoms with Gasteiger partial charge < -0.3 is 20.0 Å². The van der Waals surface area contributed by atoms with Crippen molar-refractivity contribution < 1.29 is 45.1 Å². The van der Waals surface area contributed by atoms with E-state index in [0.29, 0.717) is 29.8 Å². The summed E-state index contributed by atoms with van der Waals surface area (Å²) in [6.07, 6.45) is -1.29. The molecule has 0 spiro atoms. The molecule has 0 radical (unpaired) electrons. The summed E-state index contributed by atoms with van der Waals surface area (Å²) in [5.41, 5.74) is 2.66. The van der Waals surface area contributed by atoms with Crippen LogP contribution in [-0.4, -0.2) is 65.0 Å². The molecule has 4 rings (SSSR count). The smallest absolute Gasteiger partial charge is 0.625 e. The number of halogens is 1. The fourth-order valence-corrected chi connectivity index (χ4v) is 4.86. The Morgan fingerprint density at radius 2 is 1.67 bits per heavy atom. The molecule has 0 aromatic heterocycles. The summed E-state index contributed by atoms with van der Waals surface area (Å²) in [6.45, 7) is 2.93. The predicted octanol–water partition coefficient (Wildman–Crippen LogP) is 5.46. The second-order valence-corrected chi connectivity index (χ2v) is 9.73. The van der Waals surface area contributed by atoms with E-state index in [4.69, 9.17) is 4.74 Å². The van der Waals surface area contributed by atoms with E-state index in [1.165, 1.54) is 0 Å². The van der Waals surface area contributed by atoms with Crippen molar-refractivity contribution in [2.75, 3.05) is 13.2 Å². The molecule has 2 unspecified atom stereocenters. The van der Waals surface area contributed by atoms with Gasteiger partial charge in [0, 0.05) is 18.5 Å². The second kappa shape index (κ2) is 15.9. The van der Waals surface area contributed by atoms with E-state index in [9.17, 15) is 23.9 Å². The Labute approximate surface area is 254 Å². The number of carbonyl (C=O) groups excluding carboxylic acids is 2. The summed E-state index contributed by atoms with van der Waals surface area (Å²) in [7, 11) is 0. The van der Waals surface area contributed by atoms with Crippen LogP contribution in [0.1, 0.15) is 42.9 Å². The number of nitrogens with zero attached hydrogens (tertiary/aromatic N) is 3. The zero-order valence-electron chi connectivity index (χ0n) is 23.2. The van der Waals surface area contributed by atoms with Crippen LogP contribution in [0.25, 0.3) is 5.32 Å². The molecule has 1 saturated heterocycles. The molecule has 0 bridgehead atoms. The Kier molecular flexibility index (Phi) is 12.4. The van der Waals surface area contributed by atoms with Crippen molar-refractivity contribution in [3.63, 3.8) is 0 Å². The Bertz CT molecular complexity index is 1370.